The summed E-state index contributed by atoms with van der Waals surface area (Å²) in [6.45, 7) is 4.96. The van der Waals surface area contributed by atoms with Crippen LogP contribution >= 0.6 is 11.6 Å². The predicted molar refractivity (Wildman–Crippen MR) is 125 cm³/mol. The second-order valence-electron chi connectivity index (χ2n) is 8.17. The van der Waals surface area contributed by atoms with Gasteiger partial charge in [-0.15, -0.1) is 0 Å². The number of ether oxygens (including phenoxy) is 1. The Labute approximate surface area is 196 Å². The zero-order valence-electron chi connectivity index (χ0n) is 18.8. The van der Waals surface area contributed by atoms with E-state index in [0.29, 0.717) is 16.1 Å². The molecule has 0 aliphatic carbocycles. The molecule has 0 unspecified atom stereocenters. The number of ketones is 1. The average Bonchev–Trinajstić information content (AvgIpc) is 3.21. The SMILES string of the molecule is COc1ccc(-n2c(C)cc(C(=O)CN3C(=O)N[C@@](C)(c4ccccc4Cl)C3=O)c2C)cc1. The molecule has 2 heterocycles. The Morgan fingerprint density at radius 3 is 2.39 bits per heavy atom. The molecule has 1 fully saturated rings. The van der Waals surface area contributed by atoms with E-state index in [0.717, 1.165) is 27.7 Å². The number of imide groups is 1. The Bertz CT molecular complexity index is 1270. The topological polar surface area (TPSA) is 80.6 Å². The Balaban J connectivity index is 1.61. The van der Waals surface area contributed by atoms with Crippen molar-refractivity contribution in [2.75, 3.05) is 13.7 Å². The fourth-order valence-electron chi connectivity index (χ4n) is 4.29. The minimum Gasteiger partial charge on any atom is -0.497 e. The van der Waals surface area contributed by atoms with Crippen LogP contribution in [0, 0.1) is 13.8 Å². The molecule has 33 heavy (non-hydrogen) atoms. The van der Waals surface area contributed by atoms with E-state index in [1.54, 1.807) is 44.4 Å². The zero-order valence-corrected chi connectivity index (χ0v) is 19.6. The van der Waals surface area contributed by atoms with Crippen molar-refractivity contribution in [1.29, 1.82) is 0 Å². The number of aromatic nitrogens is 1. The quantitative estimate of drug-likeness (QED) is 0.432. The second-order valence-corrected chi connectivity index (χ2v) is 8.57. The third-order valence-corrected chi connectivity index (χ3v) is 6.38. The van der Waals surface area contributed by atoms with E-state index < -0.39 is 17.5 Å². The van der Waals surface area contributed by atoms with Gasteiger partial charge in [-0.3, -0.25) is 14.5 Å². The highest BCUT2D eigenvalue weighted by molar-refractivity contribution is 6.32. The monoisotopic (exact) mass is 465 g/mol. The van der Waals surface area contributed by atoms with E-state index in [-0.39, 0.29) is 12.3 Å². The first-order chi connectivity index (χ1) is 15.7. The van der Waals surface area contributed by atoms with Crippen LogP contribution in [0.3, 0.4) is 0 Å². The molecule has 1 aliphatic rings. The standard InChI is InChI=1S/C25H24ClN3O4/c1-15-13-19(16(2)29(15)17-9-11-18(33-4)12-10-17)22(30)14-28-23(31)25(3,27-24(28)32)20-7-5-6-8-21(20)26/h5-13H,14H2,1-4H3,(H,27,32)/t25-/m0/s1. The summed E-state index contributed by atoms with van der Waals surface area (Å²) < 4.78 is 7.16. The fourth-order valence-corrected chi connectivity index (χ4v) is 4.62. The number of methoxy groups -OCH3 is 1. The van der Waals surface area contributed by atoms with Gasteiger partial charge in [0.05, 0.1) is 13.7 Å². The van der Waals surface area contributed by atoms with Gasteiger partial charge in [-0.1, -0.05) is 29.8 Å². The molecule has 0 radical (unpaired) electrons. The summed E-state index contributed by atoms with van der Waals surface area (Å²) in [6.07, 6.45) is 0. The Kier molecular flexibility index (Phi) is 5.76. The molecular weight excluding hydrogens is 442 g/mol. The summed E-state index contributed by atoms with van der Waals surface area (Å²) in [5.74, 6) is -0.106. The minimum absolute atomic E-state index is 0.324. The number of halogens is 1. The van der Waals surface area contributed by atoms with E-state index in [1.165, 1.54) is 0 Å². The number of urea groups is 1. The molecule has 1 saturated heterocycles. The van der Waals surface area contributed by atoms with Crippen molar-refractivity contribution in [2.45, 2.75) is 26.3 Å². The highest BCUT2D eigenvalue weighted by atomic mass is 35.5. The lowest BCUT2D eigenvalue weighted by atomic mass is 9.92. The maximum absolute atomic E-state index is 13.2. The molecule has 1 atom stereocenters. The van der Waals surface area contributed by atoms with Gasteiger partial charge in [0.1, 0.15) is 11.3 Å². The van der Waals surface area contributed by atoms with Crippen molar-refractivity contribution in [3.8, 4) is 11.4 Å². The van der Waals surface area contributed by atoms with Crippen LogP contribution in [0.2, 0.25) is 5.02 Å². The first-order valence-corrected chi connectivity index (χ1v) is 10.8. The average molecular weight is 466 g/mol. The van der Waals surface area contributed by atoms with Gasteiger partial charge in [-0.25, -0.2) is 4.79 Å². The maximum atomic E-state index is 13.2. The van der Waals surface area contributed by atoms with Crippen LogP contribution in [-0.2, 0) is 10.3 Å². The van der Waals surface area contributed by atoms with Crippen molar-refractivity contribution in [1.82, 2.24) is 14.8 Å². The highest BCUT2D eigenvalue weighted by Crippen LogP contribution is 2.33. The number of hydrogen-bond acceptors (Lipinski definition) is 4. The number of aryl methyl sites for hydroxylation is 1. The normalized spacial score (nSPS) is 17.9. The van der Waals surface area contributed by atoms with E-state index in [9.17, 15) is 14.4 Å². The van der Waals surface area contributed by atoms with Crippen LogP contribution in [-0.4, -0.2) is 40.8 Å². The molecule has 1 aliphatic heterocycles. The van der Waals surface area contributed by atoms with Gasteiger partial charge in [0, 0.05) is 33.2 Å². The molecule has 4 rings (SSSR count). The van der Waals surface area contributed by atoms with E-state index in [2.05, 4.69) is 5.32 Å². The molecule has 8 heteroatoms. The summed E-state index contributed by atoms with van der Waals surface area (Å²) in [5.41, 5.74) is 2.07. The number of rotatable bonds is 6. The van der Waals surface area contributed by atoms with Crippen LogP contribution in [0.15, 0.2) is 54.6 Å². The Morgan fingerprint density at radius 2 is 1.76 bits per heavy atom. The zero-order chi connectivity index (χ0) is 23.9. The fraction of sp³-hybridized carbons (Fsp3) is 0.240. The molecular formula is C25H24ClN3O4. The molecule has 0 spiro atoms. The lowest BCUT2D eigenvalue weighted by molar-refractivity contribution is -0.130. The Morgan fingerprint density at radius 1 is 1.09 bits per heavy atom. The number of Topliss-reactive ketones (excluding diaryl/α,β-unsaturated/α-hetero) is 1. The van der Waals surface area contributed by atoms with Gasteiger partial charge in [0.25, 0.3) is 5.91 Å². The number of amides is 3. The maximum Gasteiger partial charge on any atom is 0.325 e. The van der Waals surface area contributed by atoms with E-state index in [1.807, 2.05) is 42.7 Å². The minimum atomic E-state index is -1.34. The van der Waals surface area contributed by atoms with Crippen LogP contribution < -0.4 is 10.1 Å². The molecule has 170 valence electrons. The van der Waals surface area contributed by atoms with Gasteiger partial charge in [0.15, 0.2) is 5.78 Å². The lowest BCUT2D eigenvalue weighted by Gasteiger charge is -2.23. The number of carbonyl (C=O) groups is 3. The first-order valence-electron chi connectivity index (χ1n) is 10.4. The lowest BCUT2D eigenvalue weighted by Crippen LogP contribution is -2.41. The van der Waals surface area contributed by atoms with Gasteiger partial charge >= 0.3 is 6.03 Å². The van der Waals surface area contributed by atoms with Gasteiger partial charge < -0.3 is 14.6 Å². The molecule has 2 aromatic carbocycles. The third-order valence-electron chi connectivity index (χ3n) is 6.05. The molecule has 0 bridgehead atoms. The van der Waals surface area contributed by atoms with Crippen molar-refractivity contribution >= 4 is 29.3 Å². The predicted octanol–water partition coefficient (Wildman–Crippen LogP) is 4.41. The third kappa shape index (κ3) is 3.78. The van der Waals surface area contributed by atoms with Crippen molar-refractivity contribution in [3.63, 3.8) is 0 Å². The summed E-state index contributed by atoms with van der Waals surface area (Å²) in [6, 6.07) is 15.5. The number of nitrogens with zero attached hydrogens (tertiary/aromatic N) is 2. The summed E-state index contributed by atoms with van der Waals surface area (Å²) >= 11 is 6.27. The molecule has 3 amide bonds. The van der Waals surface area contributed by atoms with Gasteiger partial charge in [-0.2, -0.15) is 0 Å². The molecule has 7 nitrogen and oxygen atoms in total. The molecule has 0 saturated carbocycles. The van der Waals surface area contributed by atoms with Crippen LogP contribution in [0.25, 0.3) is 5.69 Å². The summed E-state index contributed by atoms with van der Waals surface area (Å²) in [5, 5.41) is 3.06. The van der Waals surface area contributed by atoms with Crippen molar-refractivity contribution < 1.29 is 19.1 Å². The molecule has 1 N–H and O–H groups in total. The Hall–Kier alpha value is -3.58. The molecule has 3 aromatic rings. The second kappa shape index (κ2) is 8.41. The number of benzene rings is 2. The van der Waals surface area contributed by atoms with Crippen LogP contribution in [0.5, 0.6) is 5.75 Å². The first kappa shape index (κ1) is 22.6. The number of hydrogen-bond donors (Lipinski definition) is 1. The van der Waals surface area contributed by atoms with Gasteiger partial charge in [0.2, 0.25) is 0 Å². The van der Waals surface area contributed by atoms with E-state index in [4.69, 9.17) is 16.3 Å². The van der Waals surface area contributed by atoms with Gasteiger partial charge in [-0.05, 0) is 57.2 Å². The summed E-state index contributed by atoms with van der Waals surface area (Å²) in [7, 11) is 1.60. The highest BCUT2D eigenvalue weighted by Gasteiger charge is 2.50. The van der Waals surface area contributed by atoms with Crippen LogP contribution in [0.4, 0.5) is 4.79 Å². The van der Waals surface area contributed by atoms with Crippen molar-refractivity contribution in [3.05, 3.63) is 82.1 Å². The van der Waals surface area contributed by atoms with Crippen molar-refractivity contribution in [2.24, 2.45) is 0 Å². The number of nitrogens with one attached hydrogen (secondary N) is 1. The van der Waals surface area contributed by atoms with E-state index >= 15 is 0 Å². The summed E-state index contributed by atoms with van der Waals surface area (Å²) in [4.78, 5) is 40.0. The number of carbonyl (C=O) groups excluding carboxylic acids is 3. The smallest absolute Gasteiger partial charge is 0.325 e. The largest absolute Gasteiger partial charge is 0.497 e. The van der Waals surface area contributed by atoms with Crippen LogP contribution in [0.1, 0.15) is 34.2 Å². The molecule has 1 aromatic heterocycles.